The van der Waals surface area contributed by atoms with Crippen LogP contribution in [0.1, 0.15) is 32.1 Å². The van der Waals surface area contributed by atoms with Gasteiger partial charge >= 0.3 is 0 Å². The summed E-state index contributed by atoms with van der Waals surface area (Å²) in [5, 5.41) is 3.16. The zero-order chi connectivity index (χ0) is 12.1. The summed E-state index contributed by atoms with van der Waals surface area (Å²) in [7, 11) is 0. The summed E-state index contributed by atoms with van der Waals surface area (Å²) in [5.41, 5.74) is -1.93. The lowest BCUT2D eigenvalue weighted by atomic mass is 9.94. The third kappa shape index (κ3) is 2.98. The number of nitrogens with zero attached hydrogens (tertiary/aromatic N) is 1. The van der Waals surface area contributed by atoms with Gasteiger partial charge in [-0.15, -0.1) is 0 Å². The van der Waals surface area contributed by atoms with E-state index in [2.05, 4.69) is 17.2 Å². The number of hydrogen-bond donors (Lipinski definition) is 1. The zero-order valence-electron chi connectivity index (χ0n) is 10.1. The van der Waals surface area contributed by atoms with Crippen molar-refractivity contribution in [2.75, 3.05) is 26.2 Å². The number of piperazine rings is 1. The van der Waals surface area contributed by atoms with Gasteiger partial charge in [0.2, 0.25) is 5.67 Å². The maximum absolute atomic E-state index is 14.6. The fourth-order valence-electron chi connectivity index (χ4n) is 2.30. The number of hydrogen-bond acceptors (Lipinski definition) is 2. The molecular weight excluding hydrogens is 219 g/mol. The molecule has 0 aromatic heterocycles. The number of nitrogens with one attached hydrogen (secondary N) is 1. The molecule has 1 aliphatic carbocycles. The monoisotopic (exact) mass is 238 g/mol. The van der Waals surface area contributed by atoms with Gasteiger partial charge in [0.1, 0.15) is 0 Å². The van der Waals surface area contributed by atoms with E-state index in [1.54, 1.807) is 4.90 Å². The molecule has 1 aliphatic heterocycles. The molecule has 0 bridgehead atoms. The highest BCUT2D eigenvalue weighted by Gasteiger charge is 2.40. The van der Waals surface area contributed by atoms with Gasteiger partial charge in [-0.05, 0) is 12.8 Å². The van der Waals surface area contributed by atoms with Crippen LogP contribution in [0.4, 0.5) is 4.39 Å². The van der Waals surface area contributed by atoms with Gasteiger partial charge in [-0.3, -0.25) is 4.79 Å². The number of halogens is 1. The van der Waals surface area contributed by atoms with Gasteiger partial charge in [-0.2, -0.15) is 0 Å². The lowest BCUT2D eigenvalue weighted by molar-refractivity contribution is -0.141. The van der Waals surface area contributed by atoms with Gasteiger partial charge in [0.05, 0.1) is 0 Å². The van der Waals surface area contributed by atoms with Crippen LogP contribution in [0.5, 0.6) is 0 Å². The first-order chi connectivity index (χ1) is 8.22. The quantitative estimate of drug-likeness (QED) is 0.694. The highest BCUT2D eigenvalue weighted by atomic mass is 19.1. The first kappa shape index (κ1) is 12.4. The summed E-state index contributed by atoms with van der Waals surface area (Å²) in [5.74, 6) is 4.95. The minimum Gasteiger partial charge on any atom is -0.336 e. The van der Waals surface area contributed by atoms with Crippen molar-refractivity contribution < 1.29 is 9.18 Å². The minimum absolute atomic E-state index is 0.253. The van der Waals surface area contributed by atoms with Crippen molar-refractivity contribution in [3.63, 3.8) is 0 Å². The Morgan fingerprint density at radius 3 is 2.76 bits per heavy atom. The molecule has 1 amide bonds. The van der Waals surface area contributed by atoms with Crippen LogP contribution in [0.3, 0.4) is 0 Å². The predicted octanol–water partition coefficient (Wildman–Crippen LogP) is 1.09. The number of carbonyl (C=O) groups is 1. The standard InChI is InChI=1S/C13H19FN2O/c14-13(6-4-2-1-3-5-7-13)12(17)16-10-8-15-9-11-16/h15H,1-4,6,8-11H2. The molecule has 94 valence electrons. The average molecular weight is 238 g/mol. The van der Waals surface area contributed by atoms with Gasteiger partial charge in [-0.25, -0.2) is 4.39 Å². The Labute approximate surface area is 102 Å². The molecule has 1 fully saturated rings. The summed E-state index contributed by atoms with van der Waals surface area (Å²) in [4.78, 5) is 13.8. The van der Waals surface area contributed by atoms with Gasteiger partial charge in [-0.1, -0.05) is 18.3 Å². The smallest absolute Gasteiger partial charge is 0.272 e. The van der Waals surface area contributed by atoms with E-state index < -0.39 is 11.6 Å². The van der Waals surface area contributed by atoms with E-state index in [4.69, 9.17) is 0 Å². The largest absolute Gasteiger partial charge is 0.336 e. The van der Waals surface area contributed by atoms with Crippen LogP contribution in [0, 0.1) is 11.8 Å². The Bertz CT molecular complexity index is 341. The molecule has 3 nitrogen and oxygen atoms in total. The predicted molar refractivity (Wildman–Crippen MR) is 64.1 cm³/mol. The van der Waals surface area contributed by atoms with E-state index in [1.165, 1.54) is 0 Å². The highest BCUT2D eigenvalue weighted by Crippen LogP contribution is 2.24. The fraction of sp³-hybridized carbons (Fsp3) is 0.769. The number of alkyl halides is 1. The van der Waals surface area contributed by atoms with E-state index >= 15 is 0 Å². The Morgan fingerprint density at radius 1 is 1.24 bits per heavy atom. The molecule has 2 aliphatic rings. The average Bonchev–Trinajstić information content (AvgIpc) is 2.34. The van der Waals surface area contributed by atoms with Crippen molar-refractivity contribution in [1.82, 2.24) is 10.2 Å². The van der Waals surface area contributed by atoms with Gasteiger partial charge in [0.25, 0.3) is 5.91 Å². The van der Waals surface area contributed by atoms with Crippen LogP contribution < -0.4 is 5.32 Å². The topological polar surface area (TPSA) is 32.3 Å². The Morgan fingerprint density at radius 2 is 2.00 bits per heavy atom. The van der Waals surface area contributed by atoms with Gasteiger partial charge < -0.3 is 10.2 Å². The fourth-order valence-corrected chi connectivity index (χ4v) is 2.30. The lowest BCUT2D eigenvalue weighted by Gasteiger charge is -2.32. The van der Waals surface area contributed by atoms with Crippen LogP contribution in [0.2, 0.25) is 0 Å². The highest BCUT2D eigenvalue weighted by molar-refractivity contribution is 5.88. The first-order valence-corrected chi connectivity index (χ1v) is 6.41. The first-order valence-electron chi connectivity index (χ1n) is 6.41. The Balaban J connectivity index is 2.08. The Hall–Kier alpha value is -1.08. The third-order valence-electron chi connectivity index (χ3n) is 3.35. The second-order valence-electron chi connectivity index (χ2n) is 4.71. The number of carbonyl (C=O) groups excluding carboxylic acids is 1. The van der Waals surface area contributed by atoms with Crippen molar-refractivity contribution in [2.24, 2.45) is 0 Å². The van der Waals surface area contributed by atoms with Gasteiger partial charge in [0.15, 0.2) is 0 Å². The molecule has 1 saturated heterocycles. The van der Waals surface area contributed by atoms with Crippen LogP contribution >= 0.6 is 0 Å². The zero-order valence-corrected chi connectivity index (χ0v) is 10.1. The summed E-state index contributed by atoms with van der Waals surface area (Å²) < 4.78 is 14.6. The maximum Gasteiger partial charge on any atom is 0.272 e. The van der Waals surface area contributed by atoms with Crippen molar-refractivity contribution in [3.8, 4) is 11.8 Å². The molecule has 0 aromatic rings. The van der Waals surface area contributed by atoms with Crippen molar-refractivity contribution in [1.29, 1.82) is 0 Å². The normalized spacial score (nSPS) is 29.8. The van der Waals surface area contributed by atoms with E-state index in [0.717, 1.165) is 32.4 Å². The van der Waals surface area contributed by atoms with Gasteiger partial charge in [0, 0.05) is 39.0 Å². The molecule has 1 unspecified atom stereocenters. The lowest BCUT2D eigenvalue weighted by Crippen LogP contribution is -2.53. The summed E-state index contributed by atoms with van der Waals surface area (Å²) in [6, 6.07) is 0. The molecule has 17 heavy (non-hydrogen) atoms. The molecular formula is C13H19FN2O. The molecule has 1 heterocycles. The summed E-state index contributed by atoms with van der Waals surface area (Å²) in [6.45, 7) is 2.67. The second kappa shape index (κ2) is 5.50. The number of amides is 1. The van der Waals surface area contributed by atoms with Crippen LogP contribution in [-0.4, -0.2) is 42.7 Å². The summed E-state index contributed by atoms with van der Waals surface area (Å²) >= 11 is 0. The van der Waals surface area contributed by atoms with E-state index in [9.17, 15) is 9.18 Å². The maximum atomic E-state index is 14.6. The molecule has 1 atom stereocenters. The molecule has 0 aromatic carbocycles. The van der Waals surface area contributed by atoms with Crippen LogP contribution in [0.25, 0.3) is 0 Å². The molecule has 1 N–H and O–H groups in total. The van der Waals surface area contributed by atoms with Crippen molar-refractivity contribution >= 4 is 5.91 Å². The minimum atomic E-state index is -1.93. The molecule has 2 rings (SSSR count). The molecule has 0 radical (unpaired) electrons. The number of rotatable bonds is 1. The molecule has 4 heteroatoms. The third-order valence-corrected chi connectivity index (χ3v) is 3.35. The second-order valence-corrected chi connectivity index (χ2v) is 4.71. The van der Waals surface area contributed by atoms with Crippen LogP contribution in [-0.2, 0) is 4.79 Å². The molecule has 0 spiro atoms. The summed E-state index contributed by atoms with van der Waals surface area (Å²) in [6.07, 6.45) is 3.70. The van der Waals surface area contributed by atoms with E-state index in [-0.39, 0.29) is 6.42 Å². The van der Waals surface area contributed by atoms with E-state index in [1.807, 2.05) is 0 Å². The SMILES string of the molecule is O=C(N1CCNCC1)C1(F)C#CCCCCC1. The Kier molecular flexibility index (Phi) is 4.01. The van der Waals surface area contributed by atoms with Crippen molar-refractivity contribution in [3.05, 3.63) is 0 Å². The van der Waals surface area contributed by atoms with Crippen molar-refractivity contribution in [2.45, 2.75) is 37.8 Å². The van der Waals surface area contributed by atoms with E-state index in [0.29, 0.717) is 19.5 Å². The van der Waals surface area contributed by atoms with Crippen LogP contribution in [0.15, 0.2) is 0 Å². The molecule has 0 saturated carbocycles.